The van der Waals surface area contributed by atoms with E-state index in [1.165, 1.54) is 0 Å². The van der Waals surface area contributed by atoms with Crippen LogP contribution in [0, 0.1) is 5.92 Å². The van der Waals surface area contributed by atoms with Gasteiger partial charge in [0.25, 0.3) is 0 Å². The summed E-state index contributed by atoms with van der Waals surface area (Å²) in [6.07, 6.45) is 8.76. The van der Waals surface area contributed by atoms with E-state index < -0.39 is 0 Å². The van der Waals surface area contributed by atoms with Gasteiger partial charge in [-0.15, -0.1) is 0 Å². The van der Waals surface area contributed by atoms with Crippen molar-refractivity contribution in [2.75, 3.05) is 17.2 Å². The van der Waals surface area contributed by atoms with Crippen molar-refractivity contribution in [3.63, 3.8) is 0 Å². The van der Waals surface area contributed by atoms with Gasteiger partial charge in [-0.05, 0) is 24.8 Å². The van der Waals surface area contributed by atoms with E-state index in [1.54, 1.807) is 34.5 Å². The first-order valence-electron chi connectivity index (χ1n) is 10.6. The molecule has 2 atom stereocenters. The number of hydrogen-bond donors (Lipinski definition) is 3. The van der Waals surface area contributed by atoms with E-state index in [-0.39, 0.29) is 24.1 Å². The highest BCUT2D eigenvalue weighted by Crippen LogP contribution is 2.27. The molecule has 1 fully saturated rings. The van der Waals surface area contributed by atoms with Gasteiger partial charge in [0.1, 0.15) is 0 Å². The van der Waals surface area contributed by atoms with Crippen molar-refractivity contribution < 1.29 is 5.11 Å². The number of nitrogens with one attached hydrogen (secondary N) is 2. The molecule has 4 rings (SSSR count). The molecule has 160 valence electrons. The zero-order chi connectivity index (χ0) is 21.1. The predicted molar refractivity (Wildman–Crippen MR) is 116 cm³/mol. The molecule has 3 aromatic rings. The second-order valence-corrected chi connectivity index (χ2v) is 7.95. The van der Waals surface area contributed by atoms with Crippen LogP contribution in [0.15, 0.2) is 29.3 Å². The van der Waals surface area contributed by atoms with E-state index in [4.69, 9.17) is 4.98 Å². The van der Waals surface area contributed by atoms with Gasteiger partial charge in [-0.3, -0.25) is 4.79 Å². The summed E-state index contributed by atoms with van der Waals surface area (Å²) < 4.78 is 3.27. The number of aryl methyl sites for hydroxylation is 2. The molecule has 30 heavy (non-hydrogen) atoms. The third kappa shape index (κ3) is 4.16. The average Bonchev–Trinajstić information content (AvgIpc) is 3.18. The fourth-order valence-electron chi connectivity index (χ4n) is 4.07. The van der Waals surface area contributed by atoms with Crippen molar-refractivity contribution >= 4 is 17.5 Å². The largest absolute Gasteiger partial charge is 0.396 e. The summed E-state index contributed by atoms with van der Waals surface area (Å²) in [7, 11) is 1.74. The van der Waals surface area contributed by atoms with Crippen LogP contribution < -0.4 is 16.2 Å². The third-order valence-electron chi connectivity index (χ3n) is 5.88. The maximum absolute atomic E-state index is 11.6. The van der Waals surface area contributed by atoms with E-state index in [9.17, 15) is 9.90 Å². The second-order valence-electron chi connectivity index (χ2n) is 7.95. The molecular weight excluding hydrogens is 382 g/mol. The van der Waals surface area contributed by atoms with Crippen molar-refractivity contribution in [2.45, 2.75) is 51.6 Å². The Morgan fingerprint density at radius 3 is 2.83 bits per heavy atom. The SMILES string of the molecule is CCc1cnn2c(NCc3ccc(=O)n(C)c3)nc(N[C@H]3CCCCC3CO)nc12. The fourth-order valence-corrected chi connectivity index (χ4v) is 4.07. The van der Waals surface area contributed by atoms with Crippen LogP contribution in [0.4, 0.5) is 11.9 Å². The summed E-state index contributed by atoms with van der Waals surface area (Å²) in [5.74, 6) is 1.36. The maximum Gasteiger partial charge on any atom is 0.250 e. The highest BCUT2D eigenvalue weighted by molar-refractivity contribution is 5.54. The molecule has 0 aliphatic heterocycles. The Kier molecular flexibility index (Phi) is 5.98. The van der Waals surface area contributed by atoms with Crippen molar-refractivity contribution in [3.05, 3.63) is 46.0 Å². The molecule has 0 amide bonds. The molecule has 0 radical (unpaired) electrons. The number of aromatic nitrogens is 5. The lowest BCUT2D eigenvalue weighted by Crippen LogP contribution is -2.35. The molecule has 1 unspecified atom stereocenters. The number of hydrogen-bond acceptors (Lipinski definition) is 7. The lowest BCUT2D eigenvalue weighted by molar-refractivity contribution is 0.178. The summed E-state index contributed by atoms with van der Waals surface area (Å²) in [5.41, 5.74) is 2.75. The molecule has 1 saturated carbocycles. The van der Waals surface area contributed by atoms with Gasteiger partial charge in [0, 0.05) is 50.0 Å². The van der Waals surface area contributed by atoms with Crippen LogP contribution in [0.5, 0.6) is 0 Å². The molecule has 0 bridgehead atoms. The molecule has 1 aliphatic rings. The summed E-state index contributed by atoms with van der Waals surface area (Å²) >= 11 is 0. The molecule has 9 heteroatoms. The van der Waals surface area contributed by atoms with Crippen LogP contribution in [-0.2, 0) is 20.0 Å². The van der Waals surface area contributed by atoms with Crippen molar-refractivity contribution in [2.24, 2.45) is 13.0 Å². The van der Waals surface area contributed by atoms with Gasteiger partial charge in [-0.1, -0.05) is 25.8 Å². The van der Waals surface area contributed by atoms with Gasteiger partial charge in [-0.25, -0.2) is 0 Å². The van der Waals surface area contributed by atoms with E-state index in [1.807, 2.05) is 6.20 Å². The van der Waals surface area contributed by atoms with Crippen molar-refractivity contribution in [1.82, 2.24) is 24.1 Å². The van der Waals surface area contributed by atoms with E-state index in [0.29, 0.717) is 18.4 Å². The van der Waals surface area contributed by atoms with Crippen molar-refractivity contribution in [3.8, 4) is 0 Å². The molecule has 0 spiro atoms. The minimum atomic E-state index is -0.0414. The quantitative estimate of drug-likeness (QED) is 0.545. The number of anilines is 2. The van der Waals surface area contributed by atoms with Crippen LogP contribution in [0.25, 0.3) is 5.65 Å². The van der Waals surface area contributed by atoms with E-state index in [2.05, 4.69) is 27.6 Å². The van der Waals surface area contributed by atoms with E-state index in [0.717, 1.165) is 48.9 Å². The zero-order valence-electron chi connectivity index (χ0n) is 17.5. The minimum absolute atomic E-state index is 0.0414. The maximum atomic E-state index is 11.6. The molecule has 0 aromatic carbocycles. The lowest BCUT2D eigenvalue weighted by Gasteiger charge is -2.30. The first-order valence-corrected chi connectivity index (χ1v) is 10.6. The normalized spacial score (nSPS) is 19.2. The van der Waals surface area contributed by atoms with Crippen molar-refractivity contribution in [1.29, 1.82) is 0 Å². The summed E-state index contributed by atoms with van der Waals surface area (Å²) in [4.78, 5) is 21.0. The van der Waals surface area contributed by atoms with Gasteiger partial charge in [0.05, 0.1) is 6.20 Å². The molecule has 3 heterocycles. The van der Waals surface area contributed by atoms with Gasteiger partial charge >= 0.3 is 0 Å². The number of rotatable bonds is 7. The minimum Gasteiger partial charge on any atom is -0.396 e. The standard InChI is InChI=1S/C21H29N7O2/c1-3-15-11-23-28-19(15)25-20(24-17-7-5-4-6-16(17)13-29)26-21(28)22-10-14-8-9-18(30)27(2)12-14/h8-9,11-12,16-17,29H,3-7,10,13H2,1-2H3,(H2,22,24,25,26)/t16?,17-/m0/s1. The van der Waals surface area contributed by atoms with Gasteiger partial charge in [0.2, 0.25) is 17.5 Å². The van der Waals surface area contributed by atoms with Crippen LogP contribution in [0.3, 0.4) is 0 Å². The number of pyridine rings is 1. The monoisotopic (exact) mass is 411 g/mol. The summed E-state index contributed by atoms with van der Waals surface area (Å²) in [6.45, 7) is 2.75. The lowest BCUT2D eigenvalue weighted by atomic mass is 9.85. The Hall–Kier alpha value is -2.94. The van der Waals surface area contributed by atoms with Crippen LogP contribution in [-0.4, -0.2) is 41.9 Å². The Balaban J connectivity index is 1.63. The Morgan fingerprint density at radius 2 is 2.07 bits per heavy atom. The molecule has 9 nitrogen and oxygen atoms in total. The molecular formula is C21H29N7O2. The summed E-state index contributed by atoms with van der Waals surface area (Å²) in [6, 6.07) is 3.53. The summed E-state index contributed by atoms with van der Waals surface area (Å²) in [5, 5.41) is 21.0. The topological polar surface area (TPSA) is 109 Å². The number of nitrogens with zero attached hydrogens (tertiary/aromatic N) is 5. The molecule has 3 N–H and O–H groups in total. The number of aliphatic hydroxyl groups excluding tert-OH is 1. The highest BCUT2D eigenvalue weighted by atomic mass is 16.3. The van der Waals surface area contributed by atoms with E-state index >= 15 is 0 Å². The smallest absolute Gasteiger partial charge is 0.250 e. The highest BCUT2D eigenvalue weighted by Gasteiger charge is 2.25. The first-order chi connectivity index (χ1) is 14.6. The predicted octanol–water partition coefficient (Wildman–Crippen LogP) is 1.96. The molecule has 1 aliphatic carbocycles. The van der Waals surface area contributed by atoms with Gasteiger partial charge < -0.3 is 20.3 Å². The van der Waals surface area contributed by atoms with Crippen LogP contribution in [0.2, 0.25) is 0 Å². The Labute approximate surface area is 175 Å². The average molecular weight is 412 g/mol. The Morgan fingerprint density at radius 1 is 1.23 bits per heavy atom. The van der Waals surface area contributed by atoms with Crippen LogP contribution >= 0.6 is 0 Å². The Bertz CT molecular complexity index is 1070. The third-order valence-corrected chi connectivity index (χ3v) is 5.88. The van der Waals surface area contributed by atoms with Gasteiger partial charge in [-0.2, -0.15) is 19.6 Å². The van der Waals surface area contributed by atoms with Gasteiger partial charge in [0.15, 0.2) is 5.65 Å². The molecule has 3 aromatic heterocycles. The zero-order valence-corrected chi connectivity index (χ0v) is 17.5. The fraction of sp³-hybridized carbons (Fsp3) is 0.524. The van der Waals surface area contributed by atoms with Crippen LogP contribution in [0.1, 0.15) is 43.7 Å². The number of fused-ring (bicyclic) bond motifs is 1. The number of aliphatic hydroxyl groups is 1. The first kappa shape index (κ1) is 20.3. The second kappa shape index (κ2) is 8.83. The molecule has 0 saturated heterocycles.